The van der Waals surface area contributed by atoms with E-state index in [0.717, 1.165) is 11.3 Å². The molecule has 0 atom stereocenters. The third-order valence-corrected chi connectivity index (χ3v) is 3.10. The molecule has 0 radical (unpaired) electrons. The van der Waals surface area contributed by atoms with E-state index in [-0.39, 0.29) is 10.6 Å². The number of ether oxygens (including phenoxy) is 2. The van der Waals surface area contributed by atoms with E-state index < -0.39 is 5.97 Å². The first-order valence-electron chi connectivity index (χ1n) is 6.47. The predicted molar refractivity (Wildman–Crippen MR) is 80.4 cm³/mol. The number of halogens is 1. The van der Waals surface area contributed by atoms with Crippen molar-refractivity contribution in [3.63, 3.8) is 0 Å². The average molecular weight is 307 g/mol. The second kappa shape index (κ2) is 6.99. The molecular formula is C16H15ClO4. The van der Waals surface area contributed by atoms with Gasteiger partial charge in [-0.15, -0.1) is 0 Å². The number of hydrogen-bond acceptors (Lipinski definition) is 3. The van der Waals surface area contributed by atoms with Crippen LogP contribution in [0.3, 0.4) is 0 Å². The van der Waals surface area contributed by atoms with E-state index in [1.165, 1.54) is 12.1 Å². The number of carboxylic acid groups (broad SMARTS) is 1. The third-order valence-electron chi connectivity index (χ3n) is 2.81. The standard InChI is InChI=1S/C16H15ClO4/c1-2-20-13-6-3-11(4-7-13)10-21-15-8-5-12(16(18)19)9-14(15)17/h3-9H,2,10H2,1H3,(H,18,19). The summed E-state index contributed by atoms with van der Waals surface area (Å²) in [4.78, 5) is 10.8. The molecule has 2 aromatic rings. The Morgan fingerprint density at radius 1 is 1.14 bits per heavy atom. The largest absolute Gasteiger partial charge is 0.494 e. The quantitative estimate of drug-likeness (QED) is 0.876. The van der Waals surface area contributed by atoms with Crippen LogP contribution < -0.4 is 9.47 Å². The summed E-state index contributed by atoms with van der Waals surface area (Å²) in [6, 6.07) is 11.9. The minimum absolute atomic E-state index is 0.133. The van der Waals surface area contributed by atoms with Crippen molar-refractivity contribution >= 4 is 17.6 Å². The maximum atomic E-state index is 10.8. The van der Waals surface area contributed by atoms with Gasteiger partial charge < -0.3 is 14.6 Å². The normalized spacial score (nSPS) is 10.2. The molecule has 0 saturated heterocycles. The van der Waals surface area contributed by atoms with Crippen LogP contribution >= 0.6 is 11.6 Å². The minimum Gasteiger partial charge on any atom is -0.494 e. The zero-order valence-corrected chi connectivity index (χ0v) is 12.3. The number of carbonyl (C=O) groups is 1. The Labute approximate surface area is 127 Å². The molecule has 0 amide bonds. The van der Waals surface area contributed by atoms with Crippen LogP contribution in [-0.2, 0) is 6.61 Å². The number of aromatic carboxylic acids is 1. The average Bonchev–Trinajstić information content (AvgIpc) is 2.47. The minimum atomic E-state index is -1.02. The molecule has 5 heteroatoms. The lowest BCUT2D eigenvalue weighted by Gasteiger charge is -2.09. The second-order valence-corrected chi connectivity index (χ2v) is 4.72. The number of rotatable bonds is 6. The van der Waals surface area contributed by atoms with Gasteiger partial charge >= 0.3 is 5.97 Å². The molecule has 0 aliphatic carbocycles. The highest BCUT2D eigenvalue weighted by molar-refractivity contribution is 6.32. The van der Waals surface area contributed by atoms with E-state index in [2.05, 4.69) is 0 Å². The Morgan fingerprint density at radius 3 is 2.43 bits per heavy atom. The molecule has 0 aliphatic rings. The molecule has 110 valence electrons. The van der Waals surface area contributed by atoms with E-state index in [1.807, 2.05) is 31.2 Å². The molecule has 0 saturated carbocycles. The Morgan fingerprint density at radius 2 is 1.86 bits per heavy atom. The van der Waals surface area contributed by atoms with Crippen LogP contribution in [0.1, 0.15) is 22.8 Å². The molecule has 0 heterocycles. The third kappa shape index (κ3) is 4.13. The number of carboxylic acids is 1. The van der Waals surface area contributed by atoms with Crippen LogP contribution in [0.5, 0.6) is 11.5 Å². The van der Waals surface area contributed by atoms with E-state index in [9.17, 15) is 4.79 Å². The highest BCUT2D eigenvalue weighted by Gasteiger charge is 2.08. The summed E-state index contributed by atoms with van der Waals surface area (Å²) in [6.45, 7) is 2.90. The summed E-state index contributed by atoms with van der Waals surface area (Å²) in [5, 5.41) is 9.14. The molecule has 4 nitrogen and oxygen atoms in total. The summed E-state index contributed by atoms with van der Waals surface area (Å²) >= 11 is 6.00. The van der Waals surface area contributed by atoms with Gasteiger partial charge in [0.2, 0.25) is 0 Å². The Hall–Kier alpha value is -2.20. The fourth-order valence-corrected chi connectivity index (χ4v) is 2.00. The van der Waals surface area contributed by atoms with Gasteiger partial charge in [-0.1, -0.05) is 23.7 Å². The van der Waals surface area contributed by atoms with Gasteiger partial charge in [0.1, 0.15) is 18.1 Å². The van der Waals surface area contributed by atoms with Crippen LogP contribution in [0, 0.1) is 0 Å². The summed E-state index contributed by atoms with van der Waals surface area (Å²) in [7, 11) is 0. The number of benzene rings is 2. The van der Waals surface area contributed by atoms with Crippen molar-refractivity contribution in [3.8, 4) is 11.5 Å². The fraction of sp³-hybridized carbons (Fsp3) is 0.188. The molecule has 0 aromatic heterocycles. The van der Waals surface area contributed by atoms with Crippen LogP contribution in [0.15, 0.2) is 42.5 Å². The Bertz CT molecular complexity index is 623. The number of hydrogen-bond donors (Lipinski definition) is 1. The first-order valence-corrected chi connectivity index (χ1v) is 6.85. The van der Waals surface area contributed by atoms with Gasteiger partial charge in [0.25, 0.3) is 0 Å². The van der Waals surface area contributed by atoms with Crippen molar-refractivity contribution in [1.29, 1.82) is 0 Å². The van der Waals surface area contributed by atoms with Crippen molar-refractivity contribution in [2.45, 2.75) is 13.5 Å². The maximum Gasteiger partial charge on any atom is 0.335 e. The lowest BCUT2D eigenvalue weighted by molar-refractivity contribution is 0.0697. The summed E-state index contributed by atoms with van der Waals surface area (Å²) in [6.07, 6.45) is 0. The van der Waals surface area contributed by atoms with Crippen molar-refractivity contribution in [1.82, 2.24) is 0 Å². The second-order valence-electron chi connectivity index (χ2n) is 4.32. The topological polar surface area (TPSA) is 55.8 Å². The van der Waals surface area contributed by atoms with Crippen LogP contribution in [0.4, 0.5) is 0 Å². The highest BCUT2D eigenvalue weighted by atomic mass is 35.5. The summed E-state index contributed by atoms with van der Waals surface area (Å²) in [5.74, 6) is 0.246. The van der Waals surface area contributed by atoms with E-state index in [4.69, 9.17) is 26.2 Å². The fourth-order valence-electron chi connectivity index (χ4n) is 1.76. The van der Waals surface area contributed by atoms with Crippen LogP contribution in [0.2, 0.25) is 5.02 Å². The molecule has 2 aromatic carbocycles. The van der Waals surface area contributed by atoms with Crippen molar-refractivity contribution in [3.05, 3.63) is 58.6 Å². The van der Waals surface area contributed by atoms with Gasteiger partial charge in [-0.3, -0.25) is 0 Å². The van der Waals surface area contributed by atoms with Gasteiger partial charge in [0, 0.05) is 0 Å². The van der Waals surface area contributed by atoms with Gasteiger partial charge in [0.05, 0.1) is 17.2 Å². The maximum absolute atomic E-state index is 10.8. The van der Waals surface area contributed by atoms with Gasteiger partial charge in [-0.2, -0.15) is 0 Å². The summed E-state index contributed by atoms with van der Waals surface area (Å²) in [5.41, 5.74) is 1.10. The molecular weight excluding hydrogens is 292 g/mol. The molecule has 0 fully saturated rings. The Balaban J connectivity index is 2.01. The monoisotopic (exact) mass is 306 g/mol. The molecule has 21 heavy (non-hydrogen) atoms. The van der Waals surface area contributed by atoms with Gasteiger partial charge in [-0.25, -0.2) is 4.79 Å². The first kappa shape index (κ1) is 15.2. The van der Waals surface area contributed by atoms with E-state index >= 15 is 0 Å². The predicted octanol–water partition coefficient (Wildman–Crippen LogP) is 4.02. The smallest absolute Gasteiger partial charge is 0.335 e. The Kier molecular flexibility index (Phi) is 5.06. The van der Waals surface area contributed by atoms with Crippen LogP contribution in [0.25, 0.3) is 0 Å². The molecule has 0 bridgehead atoms. The highest BCUT2D eigenvalue weighted by Crippen LogP contribution is 2.26. The summed E-state index contributed by atoms with van der Waals surface area (Å²) < 4.78 is 11.0. The van der Waals surface area contributed by atoms with Crippen molar-refractivity contribution < 1.29 is 19.4 Å². The zero-order valence-electron chi connectivity index (χ0n) is 11.5. The first-order chi connectivity index (χ1) is 10.1. The molecule has 1 N–H and O–H groups in total. The molecule has 0 unspecified atom stereocenters. The molecule has 0 aliphatic heterocycles. The zero-order chi connectivity index (χ0) is 15.2. The lowest BCUT2D eigenvalue weighted by Crippen LogP contribution is -1.99. The SMILES string of the molecule is CCOc1ccc(COc2ccc(C(=O)O)cc2Cl)cc1. The van der Waals surface area contributed by atoms with Gasteiger partial charge in [0.15, 0.2) is 0 Å². The molecule has 0 spiro atoms. The van der Waals surface area contributed by atoms with Crippen molar-refractivity contribution in [2.75, 3.05) is 6.61 Å². The van der Waals surface area contributed by atoms with Crippen LogP contribution in [-0.4, -0.2) is 17.7 Å². The van der Waals surface area contributed by atoms with E-state index in [0.29, 0.717) is 19.0 Å². The van der Waals surface area contributed by atoms with E-state index in [1.54, 1.807) is 6.07 Å². The molecule has 2 rings (SSSR count). The van der Waals surface area contributed by atoms with Gasteiger partial charge in [-0.05, 0) is 42.8 Å². The lowest BCUT2D eigenvalue weighted by atomic mass is 10.2. The van der Waals surface area contributed by atoms with Crippen molar-refractivity contribution in [2.24, 2.45) is 0 Å².